The molecule has 2 nitrogen and oxygen atoms in total. The Morgan fingerprint density at radius 1 is 1.25 bits per heavy atom. The van der Waals surface area contributed by atoms with Gasteiger partial charge in [-0.25, -0.2) is 0 Å². The molecule has 1 N–H and O–H groups in total. The maximum atomic E-state index is 9.90. The first kappa shape index (κ1) is 15.3. The smallest absolute Gasteiger partial charge is 0.101 e. The molecule has 0 bridgehead atoms. The molecule has 0 aromatic carbocycles. The third-order valence-corrected chi connectivity index (χ3v) is 2.24. The van der Waals surface area contributed by atoms with E-state index in [1.165, 1.54) is 0 Å². The van der Waals surface area contributed by atoms with Crippen LogP contribution < -0.4 is 0 Å². The van der Waals surface area contributed by atoms with E-state index in [1.54, 1.807) is 0 Å². The van der Waals surface area contributed by atoms with E-state index in [2.05, 4.69) is 4.99 Å². The zero-order valence-electron chi connectivity index (χ0n) is 8.27. The second kappa shape index (κ2) is 7.28. The maximum Gasteiger partial charge on any atom is 0.101 e. The van der Waals surface area contributed by atoms with Crippen LogP contribution in [0.5, 0.6) is 0 Å². The van der Waals surface area contributed by atoms with E-state index in [0.29, 0.717) is 0 Å². The van der Waals surface area contributed by atoms with Gasteiger partial charge in [0.2, 0.25) is 0 Å². The van der Waals surface area contributed by atoms with E-state index in [4.69, 9.17) is 0 Å². The van der Waals surface area contributed by atoms with Crippen LogP contribution in [0.3, 0.4) is 0 Å². The van der Waals surface area contributed by atoms with Crippen LogP contribution >= 0.6 is 0 Å². The van der Waals surface area contributed by atoms with Crippen molar-refractivity contribution in [3.05, 3.63) is 0 Å². The molecule has 0 aliphatic carbocycles. The van der Waals surface area contributed by atoms with Gasteiger partial charge >= 0.3 is 0 Å². The molecule has 81 valence electrons. The van der Waals surface area contributed by atoms with E-state index < -0.39 is 5.60 Å². The first-order valence-electron chi connectivity index (χ1n) is 4.34. The van der Waals surface area contributed by atoms with Gasteiger partial charge in [0, 0.05) is 49.1 Å². The molecule has 0 fully saturated rings. The molecule has 0 spiro atoms. The summed E-state index contributed by atoms with van der Waals surface area (Å²) in [4.78, 5) is 4.20. The van der Waals surface area contributed by atoms with Crippen LogP contribution in [-0.4, -0.2) is 23.0 Å². The Hall–Kier alpha value is 0.864. The fraction of sp³-hybridized carbons (Fsp3) is 0.889. The number of hydrogen-bond donors (Lipinski definition) is 1. The first-order valence-corrected chi connectivity index (χ1v) is 4.34. The Morgan fingerprint density at radius 2 is 1.67 bits per heavy atom. The molecule has 3 heteroatoms. The molecule has 0 aliphatic rings. The SMILES string of the molecule is CCN=C(C)C(O)(CC)CC.[Lu]. The predicted octanol–water partition coefficient (Wildman–Crippen LogP) is 2.02. The fourth-order valence-electron chi connectivity index (χ4n) is 1.15. The van der Waals surface area contributed by atoms with Crippen molar-refractivity contribution >= 4 is 5.71 Å². The molecule has 0 aromatic rings. The Balaban J connectivity index is 0. The van der Waals surface area contributed by atoms with Crippen molar-refractivity contribution in [3.8, 4) is 0 Å². The summed E-state index contributed by atoms with van der Waals surface area (Å²) in [6, 6.07) is 0. The van der Waals surface area contributed by atoms with E-state index in [0.717, 1.165) is 25.1 Å². The standard InChI is InChI=1S/C9H19NO.Lu/c1-5-9(11,6-2)8(4)10-7-3;/h11H,5-7H2,1-4H3;. The van der Waals surface area contributed by atoms with Crippen LogP contribution in [0.1, 0.15) is 40.5 Å². The number of aliphatic hydroxyl groups is 1. The van der Waals surface area contributed by atoms with Crippen LogP contribution in [-0.2, 0) is 0 Å². The molecule has 0 amide bonds. The van der Waals surface area contributed by atoms with Crippen molar-refractivity contribution < 1.29 is 42.0 Å². The first-order chi connectivity index (χ1) is 5.10. The van der Waals surface area contributed by atoms with Crippen LogP contribution in [0.15, 0.2) is 4.99 Å². The molecule has 0 atom stereocenters. The molecular formula is C9H19LuNO. The second-order valence-corrected chi connectivity index (χ2v) is 2.80. The van der Waals surface area contributed by atoms with Crippen molar-refractivity contribution in [1.82, 2.24) is 0 Å². The zero-order valence-corrected chi connectivity index (χ0v) is 9.93. The zero-order chi connectivity index (χ0) is 8.91. The van der Waals surface area contributed by atoms with Gasteiger partial charge in [-0.2, -0.15) is 0 Å². The third kappa shape index (κ3) is 4.20. The van der Waals surface area contributed by atoms with Gasteiger partial charge in [0.25, 0.3) is 0 Å². The maximum absolute atomic E-state index is 9.90. The monoisotopic (exact) mass is 332 g/mol. The van der Waals surface area contributed by atoms with E-state index >= 15 is 0 Å². The third-order valence-electron chi connectivity index (χ3n) is 2.24. The molecule has 0 aromatic heterocycles. The van der Waals surface area contributed by atoms with Gasteiger partial charge in [0.15, 0.2) is 0 Å². The summed E-state index contributed by atoms with van der Waals surface area (Å²) in [5.41, 5.74) is 0.209. The molecule has 1 radical (unpaired) electrons. The summed E-state index contributed by atoms with van der Waals surface area (Å²) in [6.45, 7) is 8.61. The van der Waals surface area contributed by atoms with Gasteiger partial charge in [-0.1, -0.05) is 13.8 Å². The van der Waals surface area contributed by atoms with Crippen molar-refractivity contribution in [3.63, 3.8) is 0 Å². The van der Waals surface area contributed by atoms with E-state index in [1.807, 2.05) is 27.7 Å². The van der Waals surface area contributed by atoms with Crippen molar-refractivity contribution in [2.24, 2.45) is 4.99 Å². The Morgan fingerprint density at radius 3 is 1.92 bits per heavy atom. The van der Waals surface area contributed by atoms with Gasteiger partial charge in [0.1, 0.15) is 5.60 Å². The van der Waals surface area contributed by atoms with Crippen LogP contribution in [0.4, 0.5) is 0 Å². The Bertz CT molecular complexity index is 141. The Kier molecular flexibility index (Phi) is 9.31. The number of aliphatic imine (C=N–C) groups is 1. The Labute approximate surface area is 105 Å². The summed E-state index contributed by atoms with van der Waals surface area (Å²) in [6.07, 6.45) is 1.50. The van der Waals surface area contributed by atoms with Crippen molar-refractivity contribution in [2.45, 2.75) is 46.1 Å². The summed E-state index contributed by atoms with van der Waals surface area (Å²) >= 11 is 0. The van der Waals surface area contributed by atoms with Crippen molar-refractivity contribution in [1.29, 1.82) is 0 Å². The average Bonchev–Trinajstić information content (AvgIpc) is 2.03. The van der Waals surface area contributed by atoms with E-state index in [-0.39, 0.29) is 36.9 Å². The molecule has 0 unspecified atom stereocenters. The molecule has 0 saturated carbocycles. The van der Waals surface area contributed by atoms with Crippen LogP contribution in [0, 0.1) is 36.9 Å². The minimum atomic E-state index is -0.657. The largest absolute Gasteiger partial charge is 0.384 e. The molecule has 0 aliphatic heterocycles. The van der Waals surface area contributed by atoms with E-state index in [9.17, 15) is 5.11 Å². The summed E-state index contributed by atoms with van der Waals surface area (Å²) in [5, 5.41) is 9.90. The topological polar surface area (TPSA) is 32.6 Å². The molecule has 12 heavy (non-hydrogen) atoms. The number of nitrogens with zero attached hydrogens (tertiary/aromatic N) is 1. The van der Waals surface area contributed by atoms with Gasteiger partial charge in [-0.15, -0.1) is 0 Å². The minimum Gasteiger partial charge on any atom is -0.384 e. The normalized spacial score (nSPS) is 12.6. The van der Waals surface area contributed by atoms with Crippen LogP contribution in [0.25, 0.3) is 0 Å². The van der Waals surface area contributed by atoms with Crippen molar-refractivity contribution in [2.75, 3.05) is 6.54 Å². The minimum absolute atomic E-state index is 0. The van der Waals surface area contributed by atoms with Crippen LogP contribution in [0.2, 0.25) is 0 Å². The average molecular weight is 332 g/mol. The molecular weight excluding hydrogens is 313 g/mol. The summed E-state index contributed by atoms with van der Waals surface area (Å²) < 4.78 is 0. The quantitative estimate of drug-likeness (QED) is 0.785. The van der Waals surface area contributed by atoms with Gasteiger partial charge in [-0.05, 0) is 26.7 Å². The number of rotatable bonds is 4. The second-order valence-electron chi connectivity index (χ2n) is 2.80. The predicted molar refractivity (Wildman–Crippen MR) is 49.2 cm³/mol. The molecule has 0 heterocycles. The van der Waals surface area contributed by atoms with Gasteiger partial charge < -0.3 is 5.11 Å². The summed E-state index contributed by atoms with van der Waals surface area (Å²) in [7, 11) is 0. The van der Waals surface area contributed by atoms with Gasteiger partial charge in [0.05, 0.1) is 0 Å². The number of hydrogen-bond acceptors (Lipinski definition) is 2. The molecule has 0 rings (SSSR count). The summed E-state index contributed by atoms with van der Waals surface area (Å²) in [5.74, 6) is 0. The van der Waals surface area contributed by atoms with Gasteiger partial charge in [-0.3, -0.25) is 4.99 Å². The fourth-order valence-corrected chi connectivity index (χ4v) is 1.15. The molecule has 0 saturated heterocycles.